The van der Waals surface area contributed by atoms with Crippen LogP contribution >= 0.6 is 0 Å². The maximum atomic E-state index is 9.55. The molecule has 7 nitrogen and oxygen atoms in total. The average Bonchev–Trinajstić information content (AvgIpc) is 2.74. The highest BCUT2D eigenvalue weighted by Gasteiger charge is 2.45. The summed E-state index contributed by atoms with van der Waals surface area (Å²) < 4.78 is 32.7. The molecule has 4 atom stereocenters. The zero-order valence-electron chi connectivity index (χ0n) is 26.7. The fourth-order valence-corrected chi connectivity index (χ4v) is 25.6. The summed E-state index contributed by atoms with van der Waals surface area (Å²) in [5.74, 6) is 0. The Bertz CT molecular complexity index is 591. The van der Waals surface area contributed by atoms with Gasteiger partial charge in [0.1, 0.15) is 6.10 Å². The van der Waals surface area contributed by atoms with Crippen LogP contribution in [0.1, 0.15) is 71.1 Å². The first-order chi connectivity index (χ1) is 17.5. The van der Waals surface area contributed by atoms with E-state index in [2.05, 4.69) is 65.8 Å². The number of rotatable bonds is 25. The van der Waals surface area contributed by atoms with E-state index in [1.165, 1.54) is 51.4 Å². The van der Waals surface area contributed by atoms with Crippen molar-refractivity contribution >= 4 is 43.0 Å². The molecule has 2 N–H and O–H groups in total. The second-order valence-electron chi connectivity index (χ2n) is 13.1. The molecule has 0 saturated carbocycles. The van der Waals surface area contributed by atoms with E-state index in [-0.39, 0.29) is 13.2 Å². The second-order valence-corrected chi connectivity index (χ2v) is 31.7. The quantitative estimate of drug-likeness (QED) is 0.0831. The fourth-order valence-electron chi connectivity index (χ4n) is 4.76. The van der Waals surface area contributed by atoms with Crippen LogP contribution in [-0.4, -0.2) is 79.2 Å². The van der Waals surface area contributed by atoms with E-state index in [0.717, 1.165) is 24.9 Å². The summed E-state index contributed by atoms with van der Waals surface area (Å²) in [6.07, 6.45) is 11.7. The third-order valence-corrected chi connectivity index (χ3v) is 23.7. The summed E-state index contributed by atoms with van der Waals surface area (Å²) in [6.45, 7) is 22.6. The van der Waals surface area contributed by atoms with Crippen molar-refractivity contribution in [2.75, 3.05) is 19.8 Å². The molecular weight excluding hydrogens is 565 g/mol. The fraction of sp³-hybridized carbons (Fsp3) is 1.00. The number of aliphatic hydroxyl groups excluding tert-OH is 2. The molecular formula is C26H64O7Si5. The van der Waals surface area contributed by atoms with Crippen LogP contribution in [0.4, 0.5) is 0 Å². The van der Waals surface area contributed by atoms with Gasteiger partial charge in [0.2, 0.25) is 0 Å². The first-order valence-electron chi connectivity index (χ1n) is 15.2. The van der Waals surface area contributed by atoms with Crippen LogP contribution in [0, 0.1) is 0 Å². The van der Waals surface area contributed by atoms with Gasteiger partial charge >= 0.3 is 17.1 Å². The number of hydrogen-bond donors (Lipinski definition) is 2. The van der Waals surface area contributed by atoms with Crippen molar-refractivity contribution < 1.29 is 31.4 Å². The van der Waals surface area contributed by atoms with Gasteiger partial charge in [0.05, 0.1) is 13.2 Å². The third kappa shape index (κ3) is 22.5. The monoisotopic (exact) mass is 628 g/mol. The second kappa shape index (κ2) is 19.8. The van der Waals surface area contributed by atoms with Crippen LogP contribution in [0.25, 0.3) is 0 Å². The molecule has 0 aromatic carbocycles. The predicted molar refractivity (Wildman–Crippen MR) is 173 cm³/mol. The molecule has 38 heavy (non-hydrogen) atoms. The normalized spacial score (nSPS) is 17.7. The Labute approximate surface area is 242 Å². The molecule has 0 amide bonds. The minimum absolute atomic E-state index is 0.149. The van der Waals surface area contributed by atoms with E-state index in [1.54, 1.807) is 0 Å². The molecule has 0 aliphatic heterocycles. The Morgan fingerprint density at radius 2 is 1.18 bits per heavy atom. The van der Waals surface area contributed by atoms with Gasteiger partial charge in [0.15, 0.2) is 16.6 Å². The van der Waals surface area contributed by atoms with Gasteiger partial charge in [0, 0.05) is 6.61 Å². The lowest BCUT2D eigenvalue weighted by atomic mass is 10.1. The molecule has 0 bridgehead atoms. The Morgan fingerprint density at radius 1 is 0.658 bits per heavy atom. The molecule has 230 valence electrons. The number of unbranched alkanes of at least 4 members (excludes halogenated alkanes) is 8. The largest absolute Gasteiger partial charge is 0.439 e. The predicted octanol–water partition coefficient (Wildman–Crippen LogP) is 7.01. The van der Waals surface area contributed by atoms with Gasteiger partial charge in [-0.1, -0.05) is 64.7 Å². The topological polar surface area (TPSA) is 86.6 Å². The SMILES string of the molecule is CCCCCCCCCCC[Si](C)(O[SiH](C)O[Si](C)(C)C)O[Si](C)(CCCOCC(O)CO)O[Si](C)(C)C. The van der Waals surface area contributed by atoms with E-state index in [9.17, 15) is 5.11 Å². The van der Waals surface area contributed by atoms with Gasteiger partial charge in [-0.15, -0.1) is 0 Å². The summed E-state index contributed by atoms with van der Waals surface area (Å²) in [7, 11) is -10.4. The number of ether oxygens (including phenoxy) is 1. The molecule has 0 rings (SSSR count). The lowest BCUT2D eigenvalue weighted by Gasteiger charge is -2.42. The highest BCUT2D eigenvalue weighted by molar-refractivity contribution is 6.88. The van der Waals surface area contributed by atoms with E-state index < -0.39 is 49.1 Å². The van der Waals surface area contributed by atoms with Crippen LogP contribution < -0.4 is 0 Å². The van der Waals surface area contributed by atoms with Gasteiger partial charge in [-0.25, -0.2) is 0 Å². The van der Waals surface area contributed by atoms with Gasteiger partial charge in [-0.3, -0.25) is 0 Å². The number of aliphatic hydroxyl groups is 2. The summed E-state index contributed by atoms with van der Waals surface area (Å²) in [6, 6.07) is 1.80. The van der Waals surface area contributed by atoms with Crippen LogP contribution in [0.3, 0.4) is 0 Å². The van der Waals surface area contributed by atoms with Crippen molar-refractivity contribution in [1.82, 2.24) is 0 Å². The van der Waals surface area contributed by atoms with Gasteiger partial charge in [-0.05, 0) is 77.4 Å². The highest BCUT2D eigenvalue weighted by atomic mass is 28.5. The molecule has 0 fully saturated rings. The minimum atomic E-state index is -2.54. The molecule has 0 saturated heterocycles. The zero-order chi connectivity index (χ0) is 29.3. The van der Waals surface area contributed by atoms with Crippen molar-refractivity contribution in [3.8, 4) is 0 Å². The van der Waals surface area contributed by atoms with Crippen molar-refractivity contribution in [1.29, 1.82) is 0 Å². The van der Waals surface area contributed by atoms with E-state index in [0.29, 0.717) is 6.61 Å². The Balaban J connectivity index is 5.25. The van der Waals surface area contributed by atoms with E-state index in [1.807, 2.05) is 0 Å². The van der Waals surface area contributed by atoms with Crippen molar-refractivity contribution in [3.63, 3.8) is 0 Å². The van der Waals surface area contributed by atoms with Crippen LogP contribution in [0.5, 0.6) is 0 Å². The molecule has 0 aliphatic carbocycles. The Morgan fingerprint density at radius 3 is 1.68 bits per heavy atom. The molecule has 12 heteroatoms. The first-order valence-corrected chi connectivity index (χ1v) is 29.1. The summed E-state index contributed by atoms with van der Waals surface area (Å²) in [5.41, 5.74) is 0. The molecule has 4 unspecified atom stereocenters. The molecule has 0 heterocycles. The smallest absolute Gasteiger partial charge is 0.317 e. The van der Waals surface area contributed by atoms with E-state index in [4.69, 9.17) is 26.3 Å². The van der Waals surface area contributed by atoms with Crippen LogP contribution in [0.15, 0.2) is 0 Å². The van der Waals surface area contributed by atoms with E-state index >= 15 is 0 Å². The van der Waals surface area contributed by atoms with Gasteiger partial charge in [-0.2, -0.15) is 0 Å². The van der Waals surface area contributed by atoms with Crippen molar-refractivity contribution in [3.05, 3.63) is 0 Å². The maximum absolute atomic E-state index is 9.55. The Kier molecular flexibility index (Phi) is 20.3. The minimum Gasteiger partial charge on any atom is -0.439 e. The van der Waals surface area contributed by atoms with Crippen molar-refractivity contribution in [2.24, 2.45) is 0 Å². The summed E-state index contributed by atoms with van der Waals surface area (Å²) in [4.78, 5) is 0. The maximum Gasteiger partial charge on any atom is 0.317 e. The molecule has 0 spiro atoms. The molecule has 0 aromatic rings. The van der Waals surface area contributed by atoms with Crippen LogP contribution in [-0.2, 0) is 21.2 Å². The average molecular weight is 629 g/mol. The lowest BCUT2D eigenvalue weighted by Crippen LogP contribution is -2.57. The van der Waals surface area contributed by atoms with Crippen molar-refractivity contribution in [2.45, 2.75) is 148 Å². The zero-order valence-corrected chi connectivity index (χ0v) is 31.9. The summed E-state index contributed by atoms with van der Waals surface area (Å²) >= 11 is 0. The first kappa shape index (κ1) is 38.8. The van der Waals surface area contributed by atoms with Gasteiger partial charge < -0.3 is 31.4 Å². The highest BCUT2D eigenvalue weighted by Crippen LogP contribution is 2.30. The Hall–Kier alpha value is 0.804. The molecule has 0 aliphatic rings. The third-order valence-electron chi connectivity index (χ3n) is 6.06. The van der Waals surface area contributed by atoms with Gasteiger partial charge in [0.25, 0.3) is 9.28 Å². The molecule has 0 aromatic heterocycles. The number of hydrogen-bond acceptors (Lipinski definition) is 7. The standard InChI is InChI=1S/C26H64O7Si5/c1-11-12-13-14-15-16-17-18-19-22-37(9,31-34(2)30-35(3,4)5)33-38(10,32-36(6,7)8)23-20-21-29-25-26(28)24-27/h26-28,34H,11-25H2,1-10H3. The van der Waals surface area contributed by atoms with Crippen LogP contribution in [0.2, 0.25) is 71.0 Å². The lowest BCUT2D eigenvalue weighted by molar-refractivity contribution is 0.00623. The molecule has 0 radical (unpaired) electrons. The summed E-state index contributed by atoms with van der Waals surface area (Å²) in [5, 5.41) is 18.6.